The van der Waals surface area contributed by atoms with Crippen molar-refractivity contribution in [1.82, 2.24) is 9.47 Å². The molecule has 7 nitrogen and oxygen atoms in total. The van der Waals surface area contributed by atoms with Gasteiger partial charge in [-0.1, -0.05) is 0 Å². The largest absolute Gasteiger partial charge is 0.477 e. The van der Waals surface area contributed by atoms with Crippen LogP contribution in [0.4, 0.5) is 14.5 Å². The fourth-order valence-corrected chi connectivity index (χ4v) is 4.80. The van der Waals surface area contributed by atoms with Gasteiger partial charge in [-0.25, -0.2) is 13.6 Å². The molecule has 3 fully saturated rings. The molecule has 1 saturated carbocycles. The van der Waals surface area contributed by atoms with Crippen LogP contribution in [0.2, 0.25) is 0 Å². The van der Waals surface area contributed by atoms with Crippen LogP contribution in [0.3, 0.4) is 0 Å². The molecule has 9 heteroatoms. The van der Waals surface area contributed by atoms with Gasteiger partial charge in [-0.05, 0) is 44.8 Å². The van der Waals surface area contributed by atoms with E-state index >= 15 is 8.78 Å². The van der Waals surface area contributed by atoms with E-state index < -0.39 is 28.6 Å². The van der Waals surface area contributed by atoms with E-state index in [2.05, 4.69) is 4.90 Å². The van der Waals surface area contributed by atoms with Gasteiger partial charge in [-0.15, -0.1) is 0 Å². The second-order valence-electron chi connectivity index (χ2n) is 8.68. The molecule has 2 saturated heterocycles. The Kier molecular flexibility index (Phi) is 5.18. The molecule has 2 aromatic rings. The molecule has 5 rings (SSSR count). The van der Waals surface area contributed by atoms with Gasteiger partial charge < -0.3 is 24.2 Å². The number of carboxylic acids is 1. The Hall–Kier alpha value is -2.52. The first kappa shape index (κ1) is 20.4. The highest BCUT2D eigenvalue weighted by atomic mass is 19.1. The van der Waals surface area contributed by atoms with Crippen LogP contribution in [0.1, 0.15) is 42.1 Å². The first-order valence-electron chi connectivity index (χ1n) is 10.8. The van der Waals surface area contributed by atoms with Gasteiger partial charge in [0, 0.05) is 31.9 Å². The van der Waals surface area contributed by atoms with E-state index in [1.165, 1.54) is 10.8 Å². The molecule has 1 N–H and O–H groups in total. The number of carbonyl (C=O) groups is 1. The number of ether oxygens (including phenoxy) is 1. The van der Waals surface area contributed by atoms with Crippen LogP contribution < -0.4 is 10.3 Å². The van der Waals surface area contributed by atoms with Crippen LogP contribution in [0, 0.1) is 11.6 Å². The molecule has 1 aromatic carbocycles. The summed E-state index contributed by atoms with van der Waals surface area (Å²) >= 11 is 0. The standard InChI is InChI=1S/C22H25F2N3O4/c23-17-9-15-19(27(13-3-4-13)12-16(21(15)28)22(29)30)18(24)20(17)26-7-8-31-14(11-26)10-25-5-1-2-6-25/h9,12-14H,1-8,10-11H2,(H,29,30). The van der Waals surface area contributed by atoms with Crippen LogP contribution in [0.5, 0.6) is 0 Å². The molecule has 166 valence electrons. The van der Waals surface area contributed by atoms with Gasteiger partial charge in [0.15, 0.2) is 5.82 Å². The summed E-state index contributed by atoms with van der Waals surface area (Å²) in [6.45, 7) is 3.81. The lowest BCUT2D eigenvalue weighted by Crippen LogP contribution is -2.47. The third kappa shape index (κ3) is 3.70. The maximum atomic E-state index is 15.8. The summed E-state index contributed by atoms with van der Waals surface area (Å²) in [4.78, 5) is 28.1. The predicted octanol–water partition coefficient (Wildman–Crippen LogP) is 2.61. The van der Waals surface area contributed by atoms with Crippen molar-refractivity contribution in [3.63, 3.8) is 0 Å². The molecular weight excluding hydrogens is 408 g/mol. The number of rotatable bonds is 5. The molecule has 0 radical (unpaired) electrons. The topological polar surface area (TPSA) is 75.0 Å². The van der Waals surface area contributed by atoms with Crippen LogP contribution in [0.15, 0.2) is 17.1 Å². The second-order valence-corrected chi connectivity index (χ2v) is 8.68. The number of pyridine rings is 1. The van der Waals surface area contributed by atoms with E-state index in [0.29, 0.717) is 19.7 Å². The molecule has 1 unspecified atom stereocenters. The summed E-state index contributed by atoms with van der Waals surface area (Å²) in [7, 11) is 0. The minimum atomic E-state index is -1.40. The zero-order valence-electron chi connectivity index (χ0n) is 17.1. The van der Waals surface area contributed by atoms with Crippen molar-refractivity contribution < 1.29 is 23.4 Å². The van der Waals surface area contributed by atoms with Crippen molar-refractivity contribution in [2.24, 2.45) is 0 Å². The lowest BCUT2D eigenvalue weighted by Gasteiger charge is -2.36. The zero-order valence-corrected chi connectivity index (χ0v) is 17.1. The molecule has 3 aliphatic rings. The molecule has 1 aromatic heterocycles. The maximum Gasteiger partial charge on any atom is 0.341 e. The summed E-state index contributed by atoms with van der Waals surface area (Å²) in [6.07, 6.45) is 4.88. The highest BCUT2D eigenvalue weighted by molar-refractivity contribution is 5.94. The highest BCUT2D eigenvalue weighted by Gasteiger charge is 2.32. The maximum absolute atomic E-state index is 15.8. The summed E-state index contributed by atoms with van der Waals surface area (Å²) in [5.41, 5.74) is -1.52. The number of morpholine rings is 1. The molecule has 0 bridgehead atoms. The fraction of sp³-hybridized carbons (Fsp3) is 0.545. The van der Waals surface area contributed by atoms with Crippen molar-refractivity contribution in [2.75, 3.05) is 44.2 Å². The summed E-state index contributed by atoms with van der Waals surface area (Å²) in [6, 6.07) is 0.911. The van der Waals surface area contributed by atoms with Crippen molar-refractivity contribution >= 4 is 22.6 Å². The fourth-order valence-electron chi connectivity index (χ4n) is 4.80. The Morgan fingerprint density at radius 2 is 1.94 bits per heavy atom. The van der Waals surface area contributed by atoms with Crippen LogP contribution in [-0.4, -0.2) is 66.0 Å². The smallest absolute Gasteiger partial charge is 0.341 e. The molecule has 3 heterocycles. The minimum absolute atomic E-state index is 0.0171. The Balaban J connectivity index is 1.56. The molecule has 0 spiro atoms. The average Bonchev–Trinajstić information content (AvgIpc) is 3.45. The van der Waals surface area contributed by atoms with Crippen LogP contribution in [-0.2, 0) is 4.74 Å². The normalized spacial score (nSPS) is 22.4. The van der Waals surface area contributed by atoms with Crippen molar-refractivity contribution in [2.45, 2.75) is 37.8 Å². The predicted molar refractivity (Wildman–Crippen MR) is 111 cm³/mol. The Morgan fingerprint density at radius 1 is 1.19 bits per heavy atom. The molecule has 2 aliphatic heterocycles. The number of fused-ring (bicyclic) bond motifs is 1. The third-order valence-electron chi connectivity index (χ3n) is 6.47. The number of hydrogen-bond acceptors (Lipinski definition) is 5. The van der Waals surface area contributed by atoms with Crippen LogP contribution in [0.25, 0.3) is 10.9 Å². The van der Waals surface area contributed by atoms with E-state index in [0.717, 1.165) is 51.4 Å². The van der Waals surface area contributed by atoms with E-state index in [-0.39, 0.29) is 28.7 Å². The van der Waals surface area contributed by atoms with Crippen molar-refractivity contribution in [1.29, 1.82) is 0 Å². The molecule has 1 aliphatic carbocycles. The first-order valence-corrected chi connectivity index (χ1v) is 10.8. The van der Waals surface area contributed by atoms with Crippen LogP contribution >= 0.6 is 0 Å². The quantitative estimate of drug-likeness (QED) is 0.782. The van der Waals surface area contributed by atoms with Gasteiger partial charge in [0.2, 0.25) is 5.43 Å². The molecule has 0 amide bonds. The van der Waals surface area contributed by atoms with E-state index in [1.54, 1.807) is 4.90 Å². The van der Waals surface area contributed by atoms with Gasteiger partial charge in [0.05, 0.1) is 23.6 Å². The number of likely N-dealkylation sites (tertiary alicyclic amines) is 1. The van der Waals surface area contributed by atoms with E-state index in [1.807, 2.05) is 0 Å². The van der Waals surface area contributed by atoms with E-state index in [9.17, 15) is 14.7 Å². The number of benzene rings is 1. The Bertz CT molecular complexity index is 1090. The monoisotopic (exact) mass is 433 g/mol. The van der Waals surface area contributed by atoms with Gasteiger partial charge in [-0.3, -0.25) is 4.79 Å². The Morgan fingerprint density at radius 3 is 2.61 bits per heavy atom. The first-order chi connectivity index (χ1) is 14.9. The lowest BCUT2D eigenvalue weighted by molar-refractivity contribution is 0.0198. The van der Waals surface area contributed by atoms with Gasteiger partial charge >= 0.3 is 5.97 Å². The molecule has 1 atom stereocenters. The number of halogens is 2. The summed E-state index contributed by atoms with van der Waals surface area (Å²) in [5.74, 6) is -3.06. The average molecular weight is 433 g/mol. The number of hydrogen-bond donors (Lipinski definition) is 1. The number of aromatic nitrogens is 1. The number of carboxylic acid groups (broad SMARTS) is 1. The number of nitrogens with zero attached hydrogens (tertiary/aromatic N) is 3. The van der Waals surface area contributed by atoms with Gasteiger partial charge in [0.25, 0.3) is 0 Å². The minimum Gasteiger partial charge on any atom is -0.477 e. The van der Waals surface area contributed by atoms with Crippen molar-refractivity contribution in [3.05, 3.63) is 39.7 Å². The van der Waals surface area contributed by atoms with Crippen molar-refractivity contribution in [3.8, 4) is 0 Å². The van der Waals surface area contributed by atoms with Gasteiger partial charge in [0.1, 0.15) is 17.1 Å². The second kappa shape index (κ2) is 7.87. The number of aromatic carboxylic acids is 1. The third-order valence-corrected chi connectivity index (χ3v) is 6.47. The number of anilines is 1. The van der Waals surface area contributed by atoms with E-state index in [4.69, 9.17) is 4.74 Å². The zero-order chi connectivity index (χ0) is 21.7. The molecule has 31 heavy (non-hydrogen) atoms. The van der Waals surface area contributed by atoms with Gasteiger partial charge in [-0.2, -0.15) is 0 Å². The summed E-state index contributed by atoms with van der Waals surface area (Å²) in [5, 5.41) is 9.14. The Labute approximate surface area is 177 Å². The molecular formula is C22H25F2N3O4. The summed E-state index contributed by atoms with van der Waals surface area (Å²) < 4.78 is 38.2. The highest BCUT2D eigenvalue weighted by Crippen LogP contribution is 2.39. The lowest BCUT2D eigenvalue weighted by atomic mass is 10.1. The SMILES string of the molecule is O=C(O)c1cn(C2CC2)c2c(F)c(N3CCOC(CN4CCCC4)C3)c(F)cc2c1=O.